The number of benzene rings is 1. The van der Waals surface area contributed by atoms with Crippen LogP contribution in [0.3, 0.4) is 0 Å². The molecule has 1 aromatic carbocycles. The zero-order chi connectivity index (χ0) is 18.2. The van der Waals surface area contributed by atoms with E-state index < -0.39 is 5.60 Å². The van der Waals surface area contributed by atoms with Gasteiger partial charge in [0.05, 0.1) is 5.69 Å². The Morgan fingerprint density at radius 2 is 1.88 bits per heavy atom. The molecule has 0 N–H and O–H groups in total. The first-order chi connectivity index (χ1) is 11.8. The average molecular weight is 342 g/mol. The highest BCUT2D eigenvalue weighted by Crippen LogP contribution is 2.33. The summed E-state index contributed by atoms with van der Waals surface area (Å²) in [7, 11) is 0. The van der Waals surface area contributed by atoms with Gasteiger partial charge < -0.3 is 9.64 Å². The van der Waals surface area contributed by atoms with Crippen LogP contribution in [0, 0.1) is 0 Å². The van der Waals surface area contributed by atoms with Crippen LogP contribution >= 0.6 is 0 Å². The molecule has 0 unspecified atom stereocenters. The van der Waals surface area contributed by atoms with E-state index in [1.165, 1.54) is 0 Å². The molecule has 2 amide bonds. The number of rotatable bonds is 2. The first-order valence-corrected chi connectivity index (χ1v) is 8.85. The van der Waals surface area contributed by atoms with E-state index >= 15 is 0 Å². The SMILES string of the molecule is C=Cc1cc2c(cc1N1CCCCC1=O)CN(C(=O)OC(C)(C)C)C2. The molecule has 0 saturated carbocycles. The van der Waals surface area contributed by atoms with Crippen molar-refractivity contribution >= 4 is 23.8 Å². The van der Waals surface area contributed by atoms with Crippen molar-refractivity contribution < 1.29 is 14.3 Å². The van der Waals surface area contributed by atoms with Crippen LogP contribution in [0.15, 0.2) is 18.7 Å². The van der Waals surface area contributed by atoms with Crippen molar-refractivity contribution in [2.75, 3.05) is 11.4 Å². The van der Waals surface area contributed by atoms with Gasteiger partial charge in [-0.15, -0.1) is 0 Å². The van der Waals surface area contributed by atoms with Crippen LogP contribution < -0.4 is 4.90 Å². The molecule has 0 atom stereocenters. The van der Waals surface area contributed by atoms with Gasteiger partial charge in [-0.1, -0.05) is 12.7 Å². The second-order valence-electron chi connectivity index (χ2n) is 7.72. The van der Waals surface area contributed by atoms with E-state index in [0.29, 0.717) is 19.5 Å². The van der Waals surface area contributed by atoms with Crippen LogP contribution in [0.4, 0.5) is 10.5 Å². The highest BCUT2D eigenvalue weighted by atomic mass is 16.6. The molecule has 0 aromatic heterocycles. The van der Waals surface area contributed by atoms with E-state index in [2.05, 4.69) is 6.58 Å². The summed E-state index contributed by atoms with van der Waals surface area (Å²) >= 11 is 0. The normalized spacial score (nSPS) is 17.5. The molecule has 134 valence electrons. The molecule has 1 saturated heterocycles. The lowest BCUT2D eigenvalue weighted by molar-refractivity contribution is -0.119. The van der Waals surface area contributed by atoms with Crippen LogP contribution in [0.2, 0.25) is 0 Å². The Balaban J connectivity index is 1.86. The molecule has 2 aliphatic heterocycles. The fourth-order valence-electron chi connectivity index (χ4n) is 3.37. The number of carbonyl (C=O) groups is 2. The van der Waals surface area contributed by atoms with Gasteiger partial charge in [0.15, 0.2) is 0 Å². The van der Waals surface area contributed by atoms with E-state index in [4.69, 9.17) is 4.74 Å². The highest BCUT2D eigenvalue weighted by molar-refractivity contribution is 5.96. The molecule has 3 rings (SSSR count). The van der Waals surface area contributed by atoms with E-state index in [9.17, 15) is 9.59 Å². The lowest BCUT2D eigenvalue weighted by atomic mass is 10.0. The van der Waals surface area contributed by atoms with Gasteiger partial charge in [0.25, 0.3) is 0 Å². The molecule has 0 spiro atoms. The van der Waals surface area contributed by atoms with Crippen LogP contribution in [0.25, 0.3) is 6.08 Å². The fourth-order valence-corrected chi connectivity index (χ4v) is 3.37. The summed E-state index contributed by atoms with van der Waals surface area (Å²) in [5, 5.41) is 0. The molecule has 5 nitrogen and oxygen atoms in total. The van der Waals surface area contributed by atoms with Crippen molar-refractivity contribution in [3.63, 3.8) is 0 Å². The number of hydrogen-bond acceptors (Lipinski definition) is 3. The molecular formula is C20H26N2O3. The van der Waals surface area contributed by atoms with Gasteiger partial charge in [-0.2, -0.15) is 0 Å². The first kappa shape index (κ1) is 17.5. The number of carbonyl (C=O) groups excluding carboxylic acids is 2. The quantitative estimate of drug-likeness (QED) is 0.813. The predicted octanol–water partition coefficient (Wildman–Crippen LogP) is 4.10. The Labute approximate surface area is 149 Å². The molecular weight excluding hydrogens is 316 g/mol. The van der Waals surface area contributed by atoms with Crippen LogP contribution in [0.1, 0.15) is 56.7 Å². The third-order valence-corrected chi connectivity index (χ3v) is 4.56. The molecule has 0 aliphatic carbocycles. The topological polar surface area (TPSA) is 49.9 Å². The summed E-state index contributed by atoms with van der Waals surface area (Å²) in [5.41, 5.74) is 3.51. The number of nitrogens with zero attached hydrogens (tertiary/aromatic N) is 2. The highest BCUT2D eigenvalue weighted by Gasteiger charge is 2.30. The lowest BCUT2D eigenvalue weighted by Crippen LogP contribution is -2.35. The molecule has 25 heavy (non-hydrogen) atoms. The lowest BCUT2D eigenvalue weighted by Gasteiger charge is -2.28. The minimum absolute atomic E-state index is 0.163. The maximum atomic E-state index is 12.3. The monoisotopic (exact) mass is 342 g/mol. The van der Waals surface area contributed by atoms with Crippen molar-refractivity contribution in [3.8, 4) is 0 Å². The number of fused-ring (bicyclic) bond motifs is 1. The van der Waals surface area contributed by atoms with Crippen molar-refractivity contribution in [3.05, 3.63) is 35.4 Å². The first-order valence-electron chi connectivity index (χ1n) is 8.85. The van der Waals surface area contributed by atoms with Crippen molar-refractivity contribution in [2.45, 2.75) is 58.7 Å². The number of ether oxygens (including phenoxy) is 1. The van der Waals surface area contributed by atoms with E-state index in [0.717, 1.165) is 41.8 Å². The summed E-state index contributed by atoms with van der Waals surface area (Å²) in [6.45, 7) is 11.3. The third kappa shape index (κ3) is 3.70. The maximum absolute atomic E-state index is 12.3. The summed E-state index contributed by atoms with van der Waals surface area (Å²) in [6.07, 6.45) is 4.05. The third-order valence-electron chi connectivity index (χ3n) is 4.56. The molecule has 5 heteroatoms. The largest absolute Gasteiger partial charge is 0.444 e. The second-order valence-corrected chi connectivity index (χ2v) is 7.72. The van der Waals surface area contributed by atoms with Crippen molar-refractivity contribution in [1.82, 2.24) is 4.90 Å². The molecule has 2 heterocycles. The molecule has 2 aliphatic rings. The molecule has 1 fully saturated rings. The average Bonchev–Trinajstić information content (AvgIpc) is 2.95. The predicted molar refractivity (Wildman–Crippen MR) is 98.2 cm³/mol. The fraction of sp³-hybridized carbons (Fsp3) is 0.500. The maximum Gasteiger partial charge on any atom is 0.410 e. The number of anilines is 1. The van der Waals surface area contributed by atoms with Gasteiger partial charge in [0.1, 0.15) is 5.60 Å². The van der Waals surface area contributed by atoms with Gasteiger partial charge in [-0.05, 0) is 62.4 Å². The number of piperidine rings is 1. The Hall–Kier alpha value is -2.30. The number of amides is 2. The van der Waals surface area contributed by atoms with E-state index in [1.807, 2.05) is 37.8 Å². The van der Waals surface area contributed by atoms with Gasteiger partial charge >= 0.3 is 6.09 Å². The smallest absolute Gasteiger partial charge is 0.410 e. The summed E-state index contributed by atoms with van der Waals surface area (Å²) in [6, 6.07) is 4.09. The van der Waals surface area contributed by atoms with Crippen LogP contribution in [0.5, 0.6) is 0 Å². The standard InChI is InChI=1S/C20H26N2O3/c1-5-14-10-15-12-21(19(24)25-20(2,3)4)13-16(15)11-17(14)22-9-7-6-8-18(22)23/h5,10-11H,1,6-9,12-13H2,2-4H3. The van der Waals surface area contributed by atoms with Crippen molar-refractivity contribution in [1.29, 1.82) is 0 Å². The number of hydrogen-bond donors (Lipinski definition) is 0. The molecule has 0 radical (unpaired) electrons. The van der Waals surface area contributed by atoms with Gasteiger partial charge in [0.2, 0.25) is 5.91 Å². The second kappa shape index (κ2) is 6.54. The van der Waals surface area contributed by atoms with Crippen LogP contribution in [-0.4, -0.2) is 29.0 Å². The Morgan fingerprint density at radius 1 is 1.20 bits per heavy atom. The van der Waals surface area contributed by atoms with E-state index in [-0.39, 0.29) is 12.0 Å². The summed E-state index contributed by atoms with van der Waals surface area (Å²) < 4.78 is 5.48. The van der Waals surface area contributed by atoms with Gasteiger partial charge in [-0.25, -0.2) is 4.79 Å². The summed E-state index contributed by atoms with van der Waals surface area (Å²) in [4.78, 5) is 28.2. The molecule has 0 bridgehead atoms. The summed E-state index contributed by atoms with van der Waals surface area (Å²) in [5.74, 6) is 0.163. The van der Waals surface area contributed by atoms with Gasteiger partial charge in [-0.3, -0.25) is 9.69 Å². The zero-order valence-electron chi connectivity index (χ0n) is 15.3. The van der Waals surface area contributed by atoms with Gasteiger partial charge in [0, 0.05) is 26.1 Å². The zero-order valence-corrected chi connectivity index (χ0v) is 15.3. The van der Waals surface area contributed by atoms with Crippen LogP contribution in [-0.2, 0) is 22.6 Å². The Kier molecular flexibility index (Phi) is 4.58. The minimum Gasteiger partial charge on any atom is -0.444 e. The van der Waals surface area contributed by atoms with Crippen molar-refractivity contribution in [2.24, 2.45) is 0 Å². The minimum atomic E-state index is -0.510. The Bertz CT molecular complexity index is 718. The molecule has 1 aromatic rings. The van der Waals surface area contributed by atoms with E-state index in [1.54, 1.807) is 11.0 Å². The Morgan fingerprint density at radius 3 is 2.48 bits per heavy atom.